The summed E-state index contributed by atoms with van der Waals surface area (Å²) < 4.78 is 42.9. The van der Waals surface area contributed by atoms with Gasteiger partial charge in [0.05, 0.1) is 17.9 Å². The highest BCUT2D eigenvalue weighted by Gasteiger charge is 2.30. The molecule has 0 spiro atoms. The third-order valence-corrected chi connectivity index (χ3v) is 3.75. The summed E-state index contributed by atoms with van der Waals surface area (Å²) in [6.45, 7) is 3.57. The summed E-state index contributed by atoms with van der Waals surface area (Å²) in [6.07, 6.45) is -4.41. The van der Waals surface area contributed by atoms with Crippen LogP contribution in [0.1, 0.15) is 27.9 Å². The molecule has 0 bridgehead atoms. The van der Waals surface area contributed by atoms with Gasteiger partial charge in [0.2, 0.25) is 0 Å². The van der Waals surface area contributed by atoms with Crippen LogP contribution < -0.4 is 5.32 Å². The molecule has 0 saturated carbocycles. The van der Waals surface area contributed by atoms with Gasteiger partial charge in [-0.05, 0) is 32.0 Å². The minimum Gasteiger partial charge on any atom is -0.462 e. The number of aromatic nitrogens is 1. The second-order valence-corrected chi connectivity index (χ2v) is 5.36. The lowest BCUT2D eigenvalue weighted by atomic mass is 10.2. The van der Waals surface area contributed by atoms with Gasteiger partial charge in [0.1, 0.15) is 4.88 Å². The molecule has 0 unspecified atom stereocenters. The van der Waals surface area contributed by atoms with Crippen LogP contribution in [0.15, 0.2) is 24.3 Å². The molecule has 0 aliphatic carbocycles. The van der Waals surface area contributed by atoms with Gasteiger partial charge in [0, 0.05) is 5.69 Å². The summed E-state index contributed by atoms with van der Waals surface area (Å²) in [6, 6.07) is 4.77. The van der Waals surface area contributed by atoms with E-state index in [-0.39, 0.29) is 12.3 Å². The normalized spacial score (nSPS) is 11.3. The lowest BCUT2D eigenvalue weighted by molar-refractivity contribution is -0.137. The van der Waals surface area contributed by atoms with Gasteiger partial charge in [0.25, 0.3) is 0 Å². The van der Waals surface area contributed by atoms with Gasteiger partial charge < -0.3 is 10.1 Å². The molecule has 0 aliphatic rings. The van der Waals surface area contributed by atoms with Crippen molar-refractivity contribution in [3.05, 3.63) is 40.4 Å². The van der Waals surface area contributed by atoms with Crippen molar-refractivity contribution in [3.8, 4) is 0 Å². The second-order valence-electron chi connectivity index (χ2n) is 4.36. The molecule has 0 radical (unpaired) electrons. The molecule has 1 heterocycles. The van der Waals surface area contributed by atoms with E-state index in [1.807, 2.05) is 0 Å². The van der Waals surface area contributed by atoms with E-state index in [4.69, 9.17) is 4.74 Å². The van der Waals surface area contributed by atoms with Crippen LogP contribution in [0.3, 0.4) is 0 Å². The van der Waals surface area contributed by atoms with Crippen LogP contribution in [0.25, 0.3) is 0 Å². The number of nitrogens with zero attached hydrogens (tertiary/aromatic N) is 1. The molecule has 2 aromatic rings. The predicted molar refractivity (Wildman–Crippen MR) is 77.5 cm³/mol. The Labute approximate surface area is 128 Å². The fraction of sp³-hybridized carbons (Fsp3) is 0.286. The smallest absolute Gasteiger partial charge is 0.416 e. The molecule has 1 aromatic carbocycles. The maximum Gasteiger partial charge on any atom is 0.416 e. The number of nitrogens with one attached hydrogen (secondary N) is 1. The van der Waals surface area contributed by atoms with Gasteiger partial charge >= 0.3 is 12.1 Å². The molecule has 0 fully saturated rings. The number of halogens is 3. The van der Waals surface area contributed by atoms with E-state index < -0.39 is 17.7 Å². The van der Waals surface area contributed by atoms with Crippen LogP contribution >= 0.6 is 11.3 Å². The summed E-state index contributed by atoms with van der Waals surface area (Å²) >= 11 is 1.04. The number of aryl methyl sites for hydroxylation is 1. The van der Waals surface area contributed by atoms with E-state index in [0.29, 0.717) is 15.7 Å². The van der Waals surface area contributed by atoms with Gasteiger partial charge in [-0.2, -0.15) is 13.2 Å². The summed E-state index contributed by atoms with van der Waals surface area (Å²) in [5.41, 5.74) is -0.0340. The van der Waals surface area contributed by atoms with Crippen molar-refractivity contribution < 1.29 is 22.7 Å². The number of rotatable bonds is 4. The first kappa shape index (κ1) is 16.3. The van der Waals surface area contributed by atoms with Crippen LogP contribution in [0, 0.1) is 6.92 Å². The maximum absolute atomic E-state index is 12.7. The van der Waals surface area contributed by atoms with E-state index in [9.17, 15) is 18.0 Å². The van der Waals surface area contributed by atoms with Crippen molar-refractivity contribution in [2.24, 2.45) is 0 Å². The Morgan fingerprint density at radius 1 is 1.41 bits per heavy atom. The minimum absolute atomic E-state index is 0.243. The van der Waals surface area contributed by atoms with Crippen LogP contribution in [-0.2, 0) is 10.9 Å². The SMILES string of the molecule is CCOC(=O)c1sc(Nc2cccc(C(F)(F)F)c2)nc1C. The molecule has 22 heavy (non-hydrogen) atoms. The molecule has 1 aromatic heterocycles. The maximum atomic E-state index is 12.7. The molecule has 1 N–H and O–H groups in total. The number of hydrogen-bond acceptors (Lipinski definition) is 5. The van der Waals surface area contributed by atoms with Gasteiger partial charge in [0.15, 0.2) is 5.13 Å². The van der Waals surface area contributed by atoms with Gasteiger partial charge in [-0.15, -0.1) is 0 Å². The Bertz CT molecular complexity index is 683. The number of carbonyl (C=O) groups excluding carboxylic acids is 1. The first-order valence-corrected chi connectivity index (χ1v) is 7.21. The van der Waals surface area contributed by atoms with Crippen molar-refractivity contribution in [1.82, 2.24) is 4.98 Å². The number of alkyl halides is 3. The highest BCUT2D eigenvalue weighted by molar-refractivity contribution is 7.17. The highest BCUT2D eigenvalue weighted by atomic mass is 32.1. The summed E-state index contributed by atoms with van der Waals surface area (Å²) in [4.78, 5) is 16.1. The number of hydrogen-bond donors (Lipinski definition) is 1. The molecular formula is C14H13F3N2O2S. The molecule has 118 valence electrons. The zero-order chi connectivity index (χ0) is 16.3. The van der Waals surface area contributed by atoms with Gasteiger partial charge in [-0.3, -0.25) is 0 Å². The van der Waals surface area contributed by atoms with E-state index in [0.717, 1.165) is 23.5 Å². The van der Waals surface area contributed by atoms with Crippen molar-refractivity contribution >= 4 is 28.1 Å². The Morgan fingerprint density at radius 2 is 2.14 bits per heavy atom. The standard InChI is InChI=1S/C14H13F3N2O2S/c1-3-21-12(20)11-8(2)18-13(22-11)19-10-6-4-5-9(7-10)14(15,16)17/h4-7H,3H2,1-2H3,(H,18,19). The predicted octanol–water partition coefficient (Wildman–Crippen LogP) is 4.39. The molecule has 4 nitrogen and oxygen atoms in total. The molecule has 8 heteroatoms. The van der Waals surface area contributed by atoms with Crippen molar-refractivity contribution in [3.63, 3.8) is 0 Å². The monoisotopic (exact) mass is 330 g/mol. The first-order valence-electron chi connectivity index (χ1n) is 6.40. The quantitative estimate of drug-likeness (QED) is 0.845. The third kappa shape index (κ3) is 3.76. The molecule has 0 atom stereocenters. The van der Waals surface area contributed by atoms with Crippen molar-refractivity contribution in [1.29, 1.82) is 0 Å². The van der Waals surface area contributed by atoms with Crippen molar-refractivity contribution in [2.75, 3.05) is 11.9 Å². The van der Waals surface area contributed by atoms with Crippen LogP contribution in [0.4, 0.5) is 24.0 Å². The lowest BCUT2D eigenvalue weighted by Crippen LogP contribution is -2.05. The largest absolute Gasteiger partial charge is 0.462 e. The average Bonchev–Trinajstić information content (AvgIpc) is 2.79. The fourth-order valence-electron chi connectivity index (χ4n) is 1.73. The second kappa shape index (κ2) is 6.35. The van der Waals surface area contributed by atoms with E-state index in [1.165, 1.54) is 12.1 Å². The summed E-state index contributed by atoms with van der Waals surface area (Å²) in [5, 5.41) is 3.11. The Morgan fingerprint density at radius 3 is 2.77 bits per heavy atom. The first-order chi connectivity index (χ1) is 10.3. The molecule has 0 amide bonds. The highest BCUT2D eigenvalue weighted by Crippen LogP contribution is 2.32. The fourth-order valence-corrected chi connectivity index (χ4v) is 2.61. The number of thiazole rings is 1. The van der Waals surface area contributed by atoms with Gasteiger partial charge in [-0.1, -0.05) is 17.4 Å². The van der Waals surface area contributed by atoms with Gasteiger partial charge in [-0.25, -0.2) is 9.78 Å². The molecule has 0 saturated heterocycles. The van der Waals surface area contributed by atoms with Crippen molar-refractivity contribution in [2.45, 2.75) is 20.0 Å². The zero-order valence-electron chi connectivity index (χ0n) is 11.8. The third-order valence-electron chi connectivity index (χ3n) is 2.70. The Hall–Kier alpha value is -2.09. The molecule has 0 aliphatic heterocycles. The van der Waals surface area contributed by atoms with E-state index in [2.05, 4.69) is 10.3 Å². The average molecular weight is 330 g/mol. The number of benzene rings is 1. The number of carbonyl (C=O) groups is 1. The van der Waals surface area contributed by atoms with E-state index in [1.54, 1.807) is 13.8 Å². The lowest BCUT2D eigenvalue weighted by Gasteiger charge is -2.08. The number of ether oxygens (including phenoxy) is 1. The van der Waals surface area contributed by atoms with E-state index >= 15 is 0 Å². The summed E-state index contributed by atoms with van der Waals surface area (Å²) in [7, 11) is 0. The summed E-state index contributed by atoms with van der Waals surface area (Å²) in [5.74, 6) is -0.491. The molecule has 2 rings (SSSR count). The van der Waals surface area contributed by atoms with Crippen LogP contribution in [-0.4, -0.2) is 17.6 Å². The Balaban J connectivity index is 2.21. The van der Waals surface area contributed by atoms with Crippen LogP contribution in [0.2, 0.25) is 0 Å². The number of esters is 1. The Kier molecular flexibility index (Phi) is 4.70. The topological polar surface area (TPSA) is 51.2 Å². The molecular weight excluding hydrogens is 317 g/mol. The van der Waals surface area contributed by atoms with Crippen LogP contribution in [0.5, 0.6) is 0 Å². The zero-order valence-corrected chi connectivity index (χ0v) is 12.6. The minimum atomic E-state index is -4.41. The number of anilines is 2.